The number of aromatic nitrogens is 4. The molecule has 2 saturated carbocycles. The van der Waals surface area contributed by atoms with Crippen LogP contribution in [0.5, 0.6) is 5.75 Å². The smallest absolute Gasteiger partial charge is 0.387 e. The third-order valence-electron chi connectivity index (χ3n) is 8.24. The number of halogens is 3. The molecule has 3 atom stereocenters. The molecule has 1 aromatic carbocycles. The molecule has 2 fully saturated rings. The number of aryl methyl sites for hydroxylation is 1. The van der Waals surface area contributed by atoms with E-state index in [2.05, 4.69) is 19.7 Å². The van der Waals surface area contributed by atoms with Gasteiger partial charge in [-0.1, -0.05) is 18.2 Å². The van der Waals surface area contributed by atoms with Crippen LogP contribution in [0.1, 0.15) is 54.4 Å². The molecular formula is C29H27F3N4O3. The molecule has 3 unspecified atom stereocenters. The third-order valence-corrected chi connectivity index (χ3v) is 8.24. The highest BCUT2D eigenvalue weighted by atomic mass is 19.3. The second-order valence-electron chi connectivity index (χ2n) is 10.4. The molecule has 202 valence electrons. The molecule has 10 heteroatoms. The van der Waals surface area contributed by atoms with E-state index in [1.54, 1.807) is 48.1 Å². The fourth-order valence-corrected chi connectivity index (χ4v) is 6.06. The van der Waals surface area contributed by atoms with Crippen LogP contribution in [0.25, 0.3) is 16.8 Å². The molecule has 39 heavy (non-hydrogen) atoms. The summed E-state index contributed by atoms with van der Waals surface area (Å²) in [5, 5.41) is 0. The number of fused-ring (bicyclic) bond motifs is 2. The third kappa shape index (κ3) is 4.51. The van der Waals surface area contributed by atoms with E-state index in [0.717, 1.165) is 31.4 Å². The second kappa shape index (κ2) is 9.66. The zero-order valence-corrected chi connectivity index (χ0v) is 21.5. The highest BCUT2D eigenvalue weighted by Crippen LogP contribution is 2.64. The number of alkyl halides is 2. The van der Waals surface area contributed by atoms with E-state index in [0.29, 0.717) is 39.8 Å². The van der Waals surface area contributed by atoms with Crippen LogP contribution >= 0.6 is 0 Å². The Hall–Kier alpha value is -3.95. The number of carbonyl (C=O) groups is 1. The van der Waals surface area contributed by atoms with Gasteiger partial charge in [-0.2, -0.15) is 8.78 Å². The summed E-state index contributed by atoms with van der Waals surface area (Å²) in [6, 6.07) is 7.95. The van der Waals surface area contributed by atoms with Gasteiger partial charge in [0, 0.05) is 59.4 Å². The molecule has 6 rings (SSSR count). The molecule has 0 bridgehead atoms. The normalized spacial score (nSPS) is 22.1. The lowest BCUT2D eigenvalue weighted by molar-refractivity contribution is -0.148. The van der Waals surface area contributed by atoms with E-state index in [-0.39, 0.29) is 29.5 Å². The molecule has 4 aromatic rings. The first-order chi connectivity index (χ1) is 18.8. The van der Waals surface area contributed by atoms with E-state index in [4.69, 9.17) is 4.74 Å². The Balaban J connectivity index is 1.27. The first-order valence-corrected chi connectivity index (χ1v) is 12.9. The number of para-hydroxylation sites is 1. The predicted octanol–water partition coefficient (Wildman–Crippen LogP) is 5.88. The van der Waals surface area contributed by atoms with Crippen LogP contribution in [0, 0.1) is 24.1 Å². The number of carbonyl (C=O) groups excluding carboxylic acids is 1. The summed E-state index contributed by atoms with van der Waals surface area (Å²) in [6.45, 7) is -1.14. The fourth-order valence-electron chi connectivity index (χ4n) is 6.06. The number of esters is 1. The van der Waals surface area contributed by atoms with Crippen molar-refractivity contribution in [2.24, 2.45) is 11.3 Å². The van der Waals surface area contributed by atoms with Gasteiger partial charge in [-0.25, -0.2) is 19.3 Å². The summed E-state index contributed by atoms with van der Waals surface area (Å²) < 4.78 is 52.5. The first kappa shape index (κ1) is 25.3. The van der Waals surface area contributed by atoms with E-state index in [1.807, 2.05) is 0 Å². The lowest BCUT2D eigenvalue weighted by Crippen LogP contribution is -2.25. The minimum Gasteiger partial charge on any atom is -0.469 e. The quantitative estimate of drug-likeness (QED) is 0.275. The average molecular weight is 537 g/mol. The number of ether oxygens (including phenoxy) is 2. The molecular weight excluding hydrogens is 509 g/mol. The Bertz CT molecular complexity index is 1560. The van der Waals surface area contributed by atoms with Crippen LogP contribution in [0.4, 0.5) is 13.2 Å². The molecule has 0 radical (unpaired) electrons. The first-order valence-electron chi connectivity index (χ1n) is 12.9. The van der Waals surface area contributed by atoms with Crippen molar-refractivity contribution in [1.29, 1.82) is 0 Å². The lowest BCUT2D eigenvalue weighted by atomic mass is 9.81. The van der Waals surface area contributed by atoms with Crippen molar-refractivity contribution >= 4 is 11.6 Å². The van der Waals surface area contributed by atoms with Crippen LogP contribution in [0.3, 0.4) is 0 Å². The molecule has 0 spiro atoms. The number of benzene rings is 1. The zero-order chi connectivity index (χ0) is 27.3. The number of pyridine rings is 1. The fraction of sp³-hybridized carbons (Fsp3) is 0.379. The number of nitrogens with zero attached hydrogens (tertiary/aromatic N) is 4. The summed E-state index contributed by atoms with van der Waals surface area (Å²) in [5.41, 5.74) is 2.87. The van der Waals surface area contributed by atoms with E-state index < -0.39 is 12.4 Å². The van der Waals surface area contributed by atoms with E-state index >= 15 is 4.39 Å². The Morgan fingerprint density at radius 3 is 2.72 bits per heavy atom. The van der Waals surface area contributed by atoms with Gasteiger partial charge in [0.2, 0.25) is 0 Å². The standard InChI is InChI=1S/C29H27F3N4O3/c1-16-23(10-17-5-3-4-6-24(17)39-28(31)32)36-15-21(22(30)11-25(36)35-16)19-13-33-26(34-14-19)18-7-8-29(27(37)38-2)12-20(29)9-18/h3-6,11,13-15,18,20,28H,7-10,12H2,1-2H3. The van der Waals surface area contributed by atoms with Gasteiger partial charge in [0.1, 0.15) is 23.0 Å². The maximum atomic E-state index is 15.2. The van der Waals surface area contributed by atoms with Crippen molar-refractivity contribution in [3.8, 4) is 16.9 Å². The SMILES string of the molecule is COC(=O)C12CCC(c3ncc(-c4cn5c(Cc6ccccc6OC(F)F)c(C)nc5cc4F)cn3)CC1C2. The van der Waals surface area contributed by atoms with Gasteiger partial charge in [0.25, 0.3) is 0 Å². The van der Waals surface area contributed by atoms with Crippen molar-refractivity contribution in [2.45, 2.75) is 51.6 Å². The van der Waals surface area contributed by atoms with Crippen molar-refractivity contribution < 1.29 is 27.4 Å². The van der Waals surface area contributed by atoms with Crippen LogP contribution < -0.4 is 4.74 Å². The molecule has 0 aliphatic heterocycles. The lowest BCUT2D eigenvalue weighted by Gasteiger charge is -2.25. The maximum absolute atomic E-state index is 15.2. The zero-order valence-electron chi connectivity index (χ0n) is 21.5. The monoisotopic (exact) mass is 536 g/mol. The Labute approximate surface area is 223 Å². The van der Waals surface area contributed by atoms with E-state index in [1.165, 1.54) is 19.2 Å². The summed E-state index contributed by atoms with van der Waals surface area (Å²) in [7, 11) is 1.44. The van der Waals surface area contributed by atoms with Crippen LogP contribution in [0.2, 0.25) is 0 Å². The summed E-state index contributed by atoms with van der Waals surface area (Å²) in [5.74, 6) is 0.648. The Morgan fingerprint density at radius 1 is 1.23 bits per heavy atom. The predicted molar refractivity (Wildman–Crippen MR) is 136 cm³/mol. The summed E-state index contributed by atoms with van der Waals surface area (Å²) >= 11 is 0. The van der Waals surface area contributed by atoms with Crippen molar-refractivity contribution in [1.82, 2.24) is 19.4 Å². The molecule has 0 amide bonds. The molecule has 2 aliphatic carbocycles. The summed E-state index contributed by atoms with van der Waals surface area (Å²) in [6.07, 6.45) is 8.41. The number of hydrogen-bond donors (Lipinski definition) is 0. The Morgan fingerprint density at radius 2 is 2.00 bits per heavy atom. The van der Waals surface area contributed by atoms with Crippen molar-refractivity contribution in [2.75, 3.05) is 7.11 Å². The highest BCUT2D eigenvalue weighted by Gasteiger charge is 2.63. The molecule has 7 nitrogen and oxygen atoms in total. The second-order valence-corrected chi connectivity index (χ2v) is 10.4. The molecule has 2 aliphatic rings. The summed E-state index contributed by atoms with van der Waals surface area (Å²) in [4.78, 5) is 25.8. The average Bonchev–Trinajstić information content (AvgIpc) is 3.60. The molecule has 0 N–H and O–H groups in total. The number of imidazole rings is 1. The van der Waals surface area contributed by atoms with Gasteiger partial charge in [-0.3, -0.25) is 4.79 Å². The largest absolute Gasteiger partial charge is 0.469 e. The van der Waals surface area contributed by atoms with Gasteiger partial charge in [0.15, 0.2) is 0 Å². The van der Waals surface area contributed by atoms with E-state index in [9.17, 15) is 13.6 Å². The number of rotatable bonds is 7. The Kier molecular flexibility index (Phi) is 6.28. The molecule has 3 heterocycles. The molecule has 0 saturated heterocycles. The van der Waals surface area contributed by atoms with Crippen LogP contribution in [-0.4, -0.2) is 39.0 Å². The van der Waals surface area contributed by atoms with Gasteiger partial charge in [0.05, 0.1) is 18.2 Å². The van der Waals surface area contributed by atoms with Gasteiger partial charge >= 0.3 is 12.6 Å². The number of methoxy groups -OCH3 is 1. The van der Waals surface area contributed by atoms with Crippen LogP contribution in [-0.2, 0) is 16.0 Å². The highest BCUT2D eigenvalue weighted by molar-refractivity contribution is 5.80. The topological polar surface area (TPSA) is 78.6 Å². The number of hydrogen-bond acceptors (Lipinski definition) is 6. The van der Waals surface area contributed by atoms with Crippen molar-refractivity contribution in [3.05, 3.63) is 77.5 Å². The maximum Gasteiger partial charge on any atom is 0.387 e. The van der Waals surface area contributed by atoms with Gasteiger partial charge in [-0.15, -0.1) is 0 Å². The van der Waals surface area contributed by atoms with Crippen LogP contribution in [0.15, 0.2) is 48.9 Å². The minimum atomic E-state index is -2.94. The minimum absolute atomic E-state index is 0.0888. The van der Waals surface area contributed by atoms with Crippen molar-refractivity contribution in [3.63, 3.8) is 0 Å². The molecule has 3 aromatic heterocycles. The van der Waals surface area contributed by atoms with Gasteiger partial charge < -0.3 is 13.9 Å². The van der Waals surface area contributed by atoms with Gasteiger partial charge in [-0.05, 0) is 44.6 Å².